The predicted octanol–water partition coefficient (Wildman–Crippen LogP) is 2.28. The molecule has 1 N–H and O–H groups in total. The van der Waals surface area contributed by atoms with Gasteiger partial charge in [0.05, 0.1) is 20.3 Å². The fourth-order valence-corrected chi connectivity index (χ4v) is 3.21. The molecule has 1 aromatic heterocycles. The standard InChI is InChI=1S/C17H20N2O3S/c1-21-14-6-4-13(5-7-14)19(12-15-3-2-10-23-15)17(20)16-11-18-8-9-22-16/h2-7,10,16,18H,8-9,11-12H2,1H3. The number of nitrogens with one attached hydrogen (secondary N) is 1. The van der Waals surface area contributed by atoms with Crippen LogP contribution in [0.15, 0.2) is 41.8 Å². The van der Waals surface area contributed by atoms with Crippen LogP contribution in [-0.4, -0.2) is 38.8 Å². The molecule has 6 heteroatoms. The Morgan fingerprint density at radius 2 is 2.22 bits per heavy atom. The summed E-state index contributed by atoms with van der Waals surface area (Å²) in [5.41, 5.74) is 0.846. The van der Waals surface area contributed by atoms with Gasteiger partial charge in [-0.2, -0.15) is 0 Å². The Morgan fingerprint density at radius 1 is 1.39 bits per heavy atom. The number of carbonyl (C=O) groups is 1. The molecular formula is C17H20N2O3S. The number of amides is 1. The lowest BCUT2D eigenvalue weighted by Crippen LogP contribution is -2.49. The summed E-state index contributed by atoms with van der Waals surface area (Å²) in [7, 11) is 1.63. The zero-order valence-corrected chi connectivity index (χ0v) is 13.8. The highest BCUT2D eigenvalue weighted by atomic mass is 32.1. The number of morpholine rings is 1. The van der Waals surface area contributed by atoms with E-state index in [9.17, 15) is 4.79 Å². The Balaban J connectivity index is 1.83. The van der Waals surface area contributed by atoms with Gasteiger partial charge in [-0.25, -0.2) is 0 Å². The van der Waals surface area contributed by atoms with E-state index in [1.807, 2.05) is 41.8 Å². The van der Waals surface area contributed by atoms with Crippen LogP contribution < -0.4 is 15.0 Å². The van der Waals surface area contributed by atoms with E-state index in [4.69, 9.17) is 9.47 Å². The minimum absolute atomic E-state index is 0.0178. The molecule has 1 aromatic carbocycles. The van der Waals surface area contributed by atoms with Gasteiger partial charge in [0, 0.05) is 23.7 Å². The van der Waals surface area contributed by atoms with E-state index in [1.54, 1.807) is 23.3 Å². The van der Waals surface area contributed by atoms with Crippen LogP contribution >= 0.6 is 11.3 Å². The molecule has 0 spiro atoms. The molecule has 1 fully saturated rings. The summed E-state index contributed by atoms with van der Waals surface area (Å²) in [6.07, 6.45) is -0.439. The molecule has 1 saturated heterocycles. The van der Waals surface area contributed by atoms with Crippen molar-refractivity contribution in [3.05, 3.63) is 46.7 Å². The van der Waals surface area contributed by atoms with E-state index in [2.05, 4.69) is 5.32 Å². The number of anilines is 1. The van der Waals surface area contributed by atoms with Crippen molar-refractivity contribution in [1.29, 1.82) is 0 Å². The second-order valence-corrected chi connectivity index (χ2v) is 6.30. The first kappa shape index (κ1) is 16.0. The zero-order chi connectivity index (χ0) is 16.1. The van der Waals surface area contributed by atoms with Gasteiger partial charge in [-0.05, 0) is 35.7 Å². The van der Waals surface area contributed by atoms with Gasteiger partial charge in [0.15, 0.2) is 0 Å². The predicted molar refractivity (Wildman–Crippen MR) is 91.1 cm³/mol. The number of nitrogens with zero attached hydrogens (tertiary/aromatic N) is 1. The van der Waals surface area contributed by atoms with Crippen LogP contribution in [0.25, 0.3) is 0 Å². The SMILES string of the molecule is COc1ccc(N(Cc2cccs2)C(=O)C2CNCCO2)cc1. The lowest BCUT2D eigenvalue weighted by Gasteiger charge is -2.29. The molecule has 1 aliphatic rings. The van der Waals surface area contributed by atoms with Crippen LogP contribution in [0.5, 0.6) is 5.75 Å². The van der Waals surface area contributed by atoms with E-state index < -0.39 is 6.10 Å². The molecule has 5 nitrogen and oxygen atoms in total. The molecule has 0 bridgehead atoms. The minimum atomic E-state index is -0.439. The van der Waals surface area contributed by atoms with Crippen LogP contribution in [-0.2, 0) is 16.1 Å². The summed E-state index contributed by atoms with van der Waals surface area (Å²) in [4.78, 5) is 15.8. The van der Waals surface area contributed by atoms with E-state index in [0.717, 1.165) is 22.9 Å². The summed E-state index contributed by atoms with van der Waals surface area (Å²) in [5, 5.41) is 5.23. The van der Waals surface area contributed by atoms with Crippen LogP contribution in [0.2, 0.25) is 0 Å². The summed E-state index contributed by atoms with van der Waals surface area (Å²) in [6, 6.07) is 11.6. The van der Waals surface area contributed by atoms with Crippen molar-refractivity contribution >= 4 is 22.9 Å². The molecule has 1 atom stereocenters. The summed E-state index contributed by atoms with van der Waals surface area (Å²) >= 11 is 1.64. The van der Waals surface area contributed by atoms with Gasteiger partial charge in [-0.3, -0.25) is 4.79 Å². The van der Waals surface area contributed by atoms with Crippen molar-refractivity contribution < 1.29 is 14.3 Å². The highest BCUT2D eigenvalue weighted by Gasteiger charge is 2.28. The Morgan fingerprint density at radius 3 is 2.83 bits per heavy atom. The van der Waals surface area contributed by atoms with Gasteiger partial charge < -0.3 is 19.7 Å². The second-order valence-electron chi connectivity index (χ2n) is 5.27. The zero-order valence-electron chi connectivity index (χ0n) is 13.0. The highest BCUT2D eigenvalue weighted by molar-refractivity contribution is 7.09. The average Bonchev–Trinajstić information content (AvgIpc) is 3.13. The number of hydrogen-bond donors (Lipinski definition) is 1. The lowest BCUT2D eigenvalue weighted by atomic mass is 10.2. The van der Waals surface area contributed by atoms with Gasteiger partial charge in [0.2, 0.25) is 0 Å². The normalized spacial score (nSPS) is 17.7. The van der Waals surface area contributed by atoms with Crippen molar-refractivity contribution in [3.8, 4) is 5.75 Å². The number of benzene rings is 1. The van der Waals surface area contributed by atoms with Gasteiger partial charge >= 0.3 is 0 Å². The van der Waals surface area contributed by atoms with Crippen LogP contribution in [0, 0.1) is 0 Å². The maximum absolute atomic E-state index is 12.9. The smallest absolute Gasteiger partial charge is 0.257 e. The van der Waals surface area contributed by atoms with Crippen molar-refractivity contribution in [2.75, 3.05) is 31.7 Å². The maximum atomic E-state index is 12.9. The first-order valence-electron chi connectivity index (χ1n) is 7.58. The quantitative estimate of drug-likeness (QED) is 0.913. The molecular weight excluding hydrogens is 312 g/mol. The molecule has 0 aliphatic carbocycles. The highest BCUT2D eigenvalue weighted by Crippen LogP contribution is 2.24. The van der Waals surface area contributed by atoms with E-state index >= 15 is 0 Å². The molecule has 1 amide bonds. The Labute approximate surface area is 139 Å². The largest absolute Gasteiger partial charge is 0.497 e. The second kappa shape index (κ2) is 7.59. The molecule has 0 radical (unpaired) electrons. The van der Waals surface area contributed by atoms with E-state index in [0.29, 0.717) is 19.7 Å². The summed E-state index contributed by atoms with van der Waals surface area (Å²) in [6.45, 7) is 2.45. The Bertz CT molecular complexity index is 622. The van der Waals surface area contributed by atoms with E-state index in [-0.39, 0.29) is 5.91 Å². The number of ether oxygens (including phenoxy) is 2. The molecule has 1 aliphatic heterocycles. The summed E-state index contributed by atoms with van der Waals surface area (Å²) < 4.78 is 10.8. The monoisotopic (exact) mass is 332 g/mol. The summed E-state index contributed by atoms with van der Waals surface area (Å²) in [5.74, 6) is 0.753. The fourth-order valence-electron chi connectivity index (χ4n) is 2.51. The van der Waals surface area contributed by atoms with Crippen molar-refractivity contribution in [2.45, 2.75) is 12.6 Å². The number of carbonyl (C=O) groups excluding carboxylic acids is 1. The Kier molecular flexibility index (Phi) is 5.27. The topological polar surface area (TPSA) is 50.8 Å². The minimum Gasteiger partial charge on any atom is -0.497 e. The van der Waals surface area contributed by atoms with Gasteiger partial charge in [0.25, 0.3) is 5.91 Å². The molecule has 3 rings (SSSR count). The lowest BCUT2D eigenvalue weighted by molar-refractivity contribution is -0.131. The first-order chi connectivity index (χ1) is 11.3. The molecule has 0 saturated carbocycles. The van der Waals surface area contributed by atoms with Crippen LogP contribution in [0.3, 0.4) is 0 Å². The first-order valence-corrected chi connectivity index (χ1v) is 8.46. The van der Waals surface area contributed by atoms with Crippen LogP contribution in [0.1, 0.15) is 4.88 Å². The number of rotatable bonds is 5. The van der Waals surface area contributed by atoms with Crippen molar-refractivity contribution in [2.24, 2.45) is 0 Å². The maximum Gasteiger partial charge on any atom is 0.257 e. The molecule has 2 aromatic rings. The molecule has 1 unspecified atom stereocenters. The van der Waals surface area contributed by atoms with Crippen LogP contribution in [0.4, 0.5) is 5.69 Å². The van der Waals surface area contributed by atoms with Gasteiger partial charge in [-0.15, -0.1) is 11.3 Å². The van der Waals surface area contributed by atoms with Gasteiger partial charge in [0.1, 0.15) is 11.9 Å². The third kappa shape index (κ3) is 3.90. The Hall–Kier alpha value is -1.89. The molecule has 122 valence electrons. The third-order valence-electron chi connectivity index (χ3n) is 3.75. The average molecular weight is 332 g/mol. The fraction of sp³-hybridized carbons (Fsp3) is 0.353. The van der Waals surface area contributed by atoms with Gasteiger partial charge in [-0.1, -0.05) is 6.07 Å². The molecule has 2 heterocycles. The number of methoxy groups -OCH3 is 1. The third-order valence-corrected chi connectivity index (χ3v) is 4.61. The van der Waals surface area contributed by atoms with E-state index in [1.165, 1.54) is 0 Å². The van der Waals surface area contributed by atoms with Crippen molar-refractivity contribution in [1.82, 2.24) is 5.32 Å². The number of thiophene rings is 1. The number of hydrogen-bond acceptors (Lipinski definition) is 5. The molecule has 23 heavy (non-hydrogen) atoms. The van der Waals surface area contributed by atoms with Crippen molar-refractivity contribution in [3.63, 3.8) is 0 Å².